The number of aliphatic hydroxyl groups excluding tert-OH is 1. The van der Waals surface area contributed by atoms with Crippen LogP contribution in [-0.4, -0.2) is 59.0 Å². The molecule has 0 bridgehead atoms. The number of amides is 1. The van der Waals surface area contributed by atoms with Crippen molar-refractivity contribution in [1.29, 1.82) is 0 Å². The molecule has 1 saturated heterocycles. The fourth-order valence-corrected chi connectivity index (χ4v) is 5.98. The molecule has 0 spiro atoms. The second kappa shape index (κ2) is 16.1. The number of ether oxygens (including phenoxy) is 2. The van der Waals surface area contributed by atoms with Gasteiger partial charge in [0, 0.05) is 55.8 Å². The second-order valence-corrected chi connectivity index (χ2v) is 11.8. The Bertz CT molecular complexity index is 1780. The van der Waals surface area contributed by atoms with E-state index in [0.717, 1.165) is 47.8 Å². The van der Waals surface area contributed by atoms with Gasteiger partial charge in [0.15, 0.2) is 5.78 Å². The van der Waals surface area contributed by atoms with Crippen molar-refractivity contribution in [2.24, 2.45) is 0 Å². The monoisotopic (exact) mass is 641 g/mol. The first-order valence-corrected chi connectivity index (χ1v) is 16.3. The molecule has 2 N–H and O–H groups in total. The van der Waals surface area contributed by atoms with E-state index in [0.29, 0.717) is 30.0 Å². The number of ketones is 1. The highest BCUT2D eigenvalue weighted by Crippen LogP contribution is 2.31. The van der Waals surface area contributed by atoms with Crippen LogP contribution in [0.15, 0.2) is 134 Å². The summed E-state index contributed by atoms with van der Waals surface area (Å²) in [6.07, 6.45) is 6.28. The third-order valence-corrected chi connectivity index (χ3v) is 8.50. The van der Waals surface area contributed by atoms with Crippen LogP contribution in [-0.2, 0) is 9.53 Å². The number of pyridine rings is 1. The Morgan fingerprint density at radius 3 is 2.21 bits per heavy atom. The van der Waals surface area contributed by atoms with Crippen LogP contribution >= 0.6 is 0 Å². The van der Waals surface area contributed by atoms with Crippen molar-refractivity contribution in [3.8, 4) is 5.75 Å². The van der Waals surface area contributed by atoms with Crippen LogP contribution in [0.2, 0.25) is 0 Å². The summed E-state index contributed by atoms with van der Waals surface area (Å²) in [5.74, 6) is -0.344. The molecule has 1 fully saturated rings. The van der Waals surface area contributed by atoms with Gasteiger partial charge in [0.1, 0.15) is 11.9 Å². The van der Waals surface area contributed by atoms with Gasteiger partial charge in [-0.15, -0.1) is 0 Å². The maximum atomic E-state index is 13.3. The maximum absolute atomic E-state index is 13.3. The molecule has 1 amide bonds. The highest BCUT2D eigenvalue weighted by atomic mass is 16.6. The van der Waals surface area contributed by atoms with Crippen LogP contribution in [0.1, 0.15) is 52.3 Å². The lowest BCUT2D eigenvalue weighted by atomic mass is 10.00. The molecule has 8 heteroatoms. The summed E-state index contributed by atoms with van der Waals surface area (Å²) in [5, 5.41) is 14.9. The highest BCUT2D eigenvalue weighted by molar-refractivity contribution is 6.15. The molecule has 5 aromatic rings. The van der Waals surface area contributed by atoms with Crippen LogP contribution in [0.4, 0.5) is 0 Å². The van der Waals surface area contributed by atoms with Gasteiger partial charge in [0.2, 0.25) is 12.2 Å². The number of carbonyl (C=O) groups excluding carboxylic acids is 2. The molecule has 0 aliphatic carbocycles. The van der Waals surface area contributed by atoms with Crippen LogP contribution in [0.25, 0.3) is 10.8 Å². The van der Waals surface area contributed by atoms with Crippen molar-refractivity contribution in [1.82, 2.24) is 15.2 Å². The number of allylic oxidation sites excluding steroid dienone is 1. The zero-order chi connectivity index (χ0) is 33.1. The minimum atomic E-state index is -1.25. The largest absolute Gasteiger partial charge is 0.461 e. The Balaban J connectivity index is 0.992. The average molecular weight is 642 g/mol. The van der Waals surface area contributed by atoms with E-state index in [2.05, 4.69) is 39.5 Å². The molecule has 1 aliphatic rings. The molecule has 2 heterocycles. The Labute approximate surface area is 280 Å². The molecule has 244 valence electrons. The van der Waals surface area contributed by atoms with Gasteiger partial charge in [-0.1, -0.05) is 84.9 Å². The van der Waals surface area contributed by atoms with Crippen LogP contribution in [0, 0.1) is 0 Å². The quantitative estimate of drug-likeness (QED) is 0.0868. The van der Waals surface area contributed by atoms with Crippen LogP contribution in [0.5, 0.6) is 5.75 Å². The molecule has 1 atom stereocenters. The third-order valence-electron chi connectivity index (χ3n) is 8.50. The van der Waals surface area contributed by atoms with Crippen molar-refractivity contribution in [2.45, 2.75) is 31.3 Å². The molecule has 1 aromatic heterocycles. The van der Waals surface area contributed by atoms with E-state index in [1.165, 1.54) is 18.3 Å². The summed E-state index contributed by atoms with van der Waals surface area (Å²) in [5.41, 5.74) is 3.16. The maximum Gasteiger partial charge on any atom is 0.244 e. The summed E-state index contributed by atoms with van der Waals surface area (Å²) in [4.78, 5) is 32.2. The van der Waals surface area contributed by atoms with E-state index in [9.17, 15) is 14.7 Å². The minimum Gasteiger partial charge on any atom is -0.461 e. The lowest BCUT2D eigenvalue weighted by molar-refractivity contribution is -0.116. The van der Waals surface area contributed by atoms with Gasteiger partial charge in [-0.25, -0.2) is 0 Å². The van der Waals surface area contributed by atoms with Crippen molar-refractivity contribution in [3.63, 3.8) is 0 Å². The number of nitrogens with zero attached hydrogens (tertiary/aromatic N) is 2. The zero-order valence-electron chi connectivity index (χ0n) is 26.7. The number of rotatable bonds is 13. The molecule has 0 saturated carbocycles. The Morgan fingerprint density at radius 2 is 1.52 bits per heavy atom. The van der Waals surface area contributed by atoms with E-state index in [1.54, 1.807) is 30.5 Å². The number of aromatic nitrogens is 1. The Kier molecular flexibility index (Phi) is 11.0. The number of likely N-dealkylation sites (tertiary alicyclic amines) is 1. The standard InChI is InChI=1S/C40H39N3O5/c44-37(36-27-34(26-31-14-7-8-16-35(31)36)48-40(46)32-15-9-21-41-28-32)17-18-38(45)42-22-25-43-23-19-33(20-24-43)47-39(29-10-3-1-4-11-29)30-12-5-2-6-13-30/h1-18,21,26-28,33,39-40,46H,19-20,22-25H2,(H,42,45)/b18-17+. The molecular weight excluding hydrogens is 602 g/mol. The minimum absolute atomic E-state index is 0.107. The van der Waals surface area contributed by atoms with E-state index in [-0.39, 0.29) is 23.9 Å². The molecule has 8 nitrogen and oxygen atoms in total. The summed E-state index contributed by atoms with van der Waals surface area (Å²) in [6.45, 7) is 2.95. The van der Waals surface area contributed by atoms with Gasteiger partial charge < -0.3 is 24.8 Å². The third kappa shape index (κ3) is 8.60. The first-order valence-electron chi connectivity index (χ1n) is 16.3. The molecule has 1 unspecified atom stereocenters. The van der Waals surface area contributed by atoms with Gasteiger partial charge in [-0.05, 0) is 65.1 Å². The lowest BCUT2D eigenvalue weighted by Crippen LogP contribution is -2.41. The van der Waals surface area contributed by atoms with Gasteiger partial charge in [-0.3, -0.25) is 14.6 Å². The predicted octanol–water partition coefficient (Wildman–Crippen LogP) is 6.43. The molecular formula is C40H39N3O5. The van der Waals surface area contributed by atoms with E-state index in [1.807, 2.05) is 60.7 Å². The Hall–Kier alpha value is -5.15. The van der Waals surface area contributed by atoms with Gasteiger partial charge >= 0.3 is 0 Å². The van der Waals surface area contributed by atoms with E-state index >= 15 is 0 Å². The predicted molar refractivity (Wildman–Crippen MR) is 186 cm³/mol. The average Bonchev–Trinajstić information content (AvgIpc) is 3.14. The number of hydrogen-bond acceptors (Lipinski definition) is 7. The topological polar surface area (TPSA) is 101 Å². The molecule has 0 radical (unpaired) electrons. The number of carbonyl (C=O) groups is 2. The number of benzene rings is 4. The number of piperidine rings is 1. The van der Waals surface area contributed by atoms with Crippen molar-refractivity contribution >= 4 is 22.5 Å². The highest BCUT2D eigenvalue weighted by Gasteiger charge is 2.24. The zero-order valence-corrected chi connectivity index (χ0v) is 26.7. The molecule has 4 aromatic carbocycles. The number of hydrogen-bond donors (Lipinski definition) is 2. The van der Waals surface area contributed by atoms with Crippen molar-refractivity contribution in [3.05, 3.63) is 156 Å². The first-order chi connectivity index (χ1) is 23.5. The molecule has 6 rings (SSSR count). The van der Waals surface area contributed by atoms with Gasteiger partial charge in [0.05, 0.1) is 6.10 Å². The number of aliphatic hydroxyl groups is 1. The summed E-state index contributed by atoms with van der Waals surface area (Å²) in [6, 6.07) is 34.9. The Morgan fingerprint density at radius 1 is 0.854 bits per heavy atom. The summed E-state index contributed by atoms with van der Waals surface area (Å²) < 4.78 is 12.4. The second-order valence-electron chi connectivity index (χ2n) is 11.8. The molecule has 48 heavy (non-hydrogen) atoms. The fourth-order valence-electron chi connectivity index (χ4n) is 5.98. The summed E-state index contributed by atoms with van der Waals surface area (Å²) >= 11 is 0. The van der Waals surface area contributed by atoms with Crippen LogP contribution < -0.4 is 10.1 Å². The van der Waals surface area contributed by atoms with Gasteiger partial charge in [-0.2, -0.15) is 0 Å². The van der Waals surface area contributed by atoms with E-state index in [4.69, 9.17) is 9.47 Å². The van der Waals surface area contributed by atoms with E-state index < -0.39 is 6.29 Å². The fraction of sp³-hybridized carbons (Fsp3) is 0.225. The first kappa shape index (κ1) is 32.8. The molecule has 1 aliphatic heterocycles. The van der Waals surface area contributed by atoms with Crippen molar-refractivity contribution < 1.29 is 24.2 Å². The SMILES string of the molecule is O=C(/C=C/C(=O)c1cc(OC(O)c2cccnc2)cc2ccccc12)NCCN1CCC(OC(c2ccccc2)c2ccccc2)CC1. The number of fused-ring (bicyclic) bond motifs is 1. The van der Waals surface area contributed by atoms with Crippen LogP contribution in [0.3, 0.4) is 0 Å². The smallest absolute Gasteiger partial charge is 0.244 e. The summed E-state index contributed by atoms with van der Waals surface area (Å²) in [7, 11) is 0. The van der Waals surface area contributed by atoms with Crippen molar-refractivity contribution in [2.75, 3.05) is 26.2 Å². The number of nitrogens with one attached hydrogen (secondary N) is 1. The van der Waals surface area contributed by atoms with Gasteiger partial charge in [0.25, 0.3) is 0 Å². The normalized spacial score (nSPS) is 14.7. The lowest BCUT2D eigenvalue weighted by Gasteiger charge is -2.34.